The molecule has 0 unspecified atom stereocenters. The van der Waals surface area contributed by atoms with Crippen LogP contribution in [-0.2, 0) is 39.9 Å². The highest BCUT2D eigenvalue weighted by atomic mass is 32.2. The first kappa shape index (κ1) is 39.5. The predicted molar refractivity (Wildman–Crippen MR) is 197 cm³/mol. The maximum atomic E-state index is 13.4. The number of nitrogens with one attached hydrogen (secondary N) is 3. The fourth-order valence-electron chi connectivity index (χ4n) is 5.36. The van der Waals surface area contributed by atoms with Crippen LogP contribution < -0.4 is 16.0 Å². The van der Waals surface area contributed by atoms with Crippen LogP contribution in [0.15, 0.2) is 91.5 Å². The van der Waals surface area contributed by atoms with E-state index in [9.17, 15) is 24.0 Å². The minimum atomic E-state index is -1.19. The number of esters is 2. The Hall–Kier alpha value is -5.30. The maximum Gasteiger partial charge on any atom is 0.408 e. The first-order chi connectivity index (χ1) is 24.9. The van der Waals surface area contributed by atoms with Crippen molar-refractivity contribution in [3.05, 3.63) is 108 Å². The number of carbonyl (C=O) groups excluding carboxylic acids is 5. The van der Waals surface area contributed by atoms with Crippen molar-refractivity contribution in [2.75, 3.05) is 24.7 Å². The molecule has 0 fully saturated rings. The Morgan fingerprint density at radius 2 is 1.33 bits per heavy atom. The monoisotopic (exact) mass is 731 g/mol. The molecule has 0 saturated carbocycles. The summed E-state index contributed by atoms with van der Waals surface area (Å²) in [6, 6.07) is 21.5. The van der Waals surface area contributed by atoms with Crippen LogP contribution >= 0.6 is 11.8 Å². The summed E-state index contributed by atoms with van der Waals surface area (Å²) in [5.74, 6) is -2.38. The Balaban J connectivity index is 1.38. The van der Waals surface area contributed by atoms with Crippen molar-refractivity contribution < 1.29 is 42.9 Å². The van der Waals surface area contributed by atoms with Gasteiger partial charge < -0.3 is 34.9 Å². The molecule has 3 aromatic carbocycles. The fourth-order valence-corrected chi connectivity index (χ4v) is 6.42. The molecule has 276 valence electrons. The predicted octanol–water partition coefficient (Wildman–Crippen LogP) is 5.50. The van der Waals surface area contributed by atoms with Crippen molar-refractivity contribution >= 4 is 41.8 Å². The smallest absolute Gasteiger partial charge is 0.408 e. The van der Waals surface area contributed by atoms with E-state index < -0.39 is 53.8 Å². The Labute approximate surface area is 308 Å². The second-order valence-corrected chi connectivity index (χ2v) is 14.1. The van der Waals surface area contributed by atoms with E-state index in [0.717, 1.165) is 39.6 Å². The largest absolute Gasteiger partial charge is 0.460 e. The highest BCUT2D eigenvalue weighted by Crippen LogP contribution is 2.44. The third-order valence-corrected chi connectivity index (χ3v) is 8.91. The number of ether oxygens (including phenoxy) is 4. The van der Waals surface area contributed by atoms with E-state index in [1.807, 2.05) is 66.7 Å². The fraction of sp³-hybridized carbons (Fsp3) is 0.359. The van der Waals surface area contributed by atoms with Gasteiger partial charge in [0.2, 0.25) is 5.91 Å². The number of fused-ring (bicyclic) bond motifs is 3. The second kappa shape index (κ2) is 18.8. The summed E-state index contributed by atoms with van der Waals surface area (Å²) >= 11 is 1.09. The molecule has 3 aromatic rings. The SMILES string of the molecule is C=CCOC(=O)[C@H](CSC[C@H](NC(=O)OC(C)(C)C)C(=O)N[C@@H](C)C(=O)OCc1ccccc1)NC(=O)OCC1c2ccccc2-c2ccccc21. The van der Waals surface area contributed by atoms with Gasteiger partial charge in [0.05, 0.1) is 0 Å². The van der Waals surface area contributed by atoms with Gasteiger partial charge in [-0.05, 0) is 55.5 Å². The van der Waals surface area contributed by atoms with Crippen LogP contribution in [0.1, 0.15) is 50.3 Å². The highest BCUT2D eigenvalue weighted by molar-refractivity contribution is 7.99. The molecular weight excluding hydrogens is 687 g/mol. The van der Waals surface area contributed by atoms with E-state index in [-0.39, 0.29) is 37.2 Å². The summed E-state index contributed by atoms with van der Waals surface area (Å²) in [6.45, 7) is 10.0. The number of carbonyl (C=O) groups is 5. The number of amides is 3. The average Bonchev–Trinajstić information content (AvgIpc) is 3.44. The van der Waals surface area contributed by atoms with Crippen LogP contribution in [0.2, 0.25) is 0 Å². The average molecular weight is 732 g/mol. The van der Waals surface area contributed by atoms with Gasteiger partial charge in [-0.25, -0.2) is 19.2 Å². The van der Waals surface area contributed by atoms with Gasteiger partial charge in [0.1, 0.15) is 43.5 Å². The topological polar surface area (TPSA) is 158 Å². The van der Waals surface area contributed by atoms with E-state index in [0.29, 0.717) is 0 Å². The van der Waals surface area contributed by atoms with E-state index in [1.165, 1.54) is 13.0 Å². The van der Waals surface area contributed by atoms with Gasteiger partial charge in [0, 0.05) is 17.4 Å². The molecule has 4 rings (SSSR count). The lowest BCUT2D eigenvalue weighted by atomic mass is 9.98. The summed E-state index contributed by atoms with van der Waals surface area (Å²) in [7, 11) is 0. The van der Waals surface area contributed by atoms with Crippen LogP contribution in [0.5, 0.6) is 0 Å². The zero-order valence-corrected chi connectivity index (χ0v) is 30.5. The van der Waals surface area contributed by atoms with Crippen LogP contribution in [0, 0.1) is 0 Å². The van der Waals surface area contributed by atoms with Gasteiger partial charge in [-0.1, -0.05) is 91.5 Å². The molecule has 0 spiro atoms. The Morgan fingerprint density at radius 3 is 1.94 bits per heavy atom. The summed E-state index contributed by atoms with van der Waals surface area (Å²) in [5, 5.41) is 7.69. The molecule has 0 heterocycles. The molecule has 0 bridgehead atoms. The molecule has 1 aliphatic carbocycles. The second-order valence-electron chi connectivity index (χ2n) is 13.0. The van der Waals surface area contributed by atoms with Gasteiger partial charge in [-0.15, -0.1) is 0 Å². The molecule has 0 radical (unpaired) electrons. The van der Waals surface area contributed by atoms with E-state index in [1.54, 1.807) is 32.9 Å². The zero-order valence-electron chi connectivity index (χ0n) is 29.7. The zero-order chi connectivity index (χ0) is 37.7. The van der Waals surface area contributed by atoms with Crippen LogP contribution in [0.25, 0.3) is 11.1 Å². The summed E-state index contributed by atoms with van der Waals surface area (Å²) in [4.78, 5) is 64.7. The number of rotatable bonds is 16. The normalized spacial score (nSPS) is 13.6. The quantitative estimate of drug-likeness (QED) is 0.0977. The number of thioether (sulfide) groups is 1. The highest BCUT2D eigenvalue weighted by Gasteiger charge is 2.31. The van der Waals surface area contributed by atoms with Crippen molar-refractivity contribution in [3.63, 3.8) is 0 Å². The van der Waals surface area contributed by atoms with Crippen LogP contribution in [0.4, 0.5) is 9.59 Å². The minimum absolute atomic E-state index is 0.0232. The summed E-state index contributed by atoms with van der Waals surface area (Å²) < 4.78 is 21.5. The molecule has 3 amide bonds. The number of alkyl carbamates (subject to hydrolysis) is 2. The van der Waals surface area contributed by atoms with Crippen molar-refractivity contribution in [3.8, 4) is 11.1 Å². The minimum Gasteiger partial charge on any atom is -0.460 e. The molecule has 52 heavy (non-hydrogen) atoms. The molecular formula is C39H45N3O9S. The lowest BCUT2D eigenvalue weighted by Gasteiger charge is -2.24. The van der Waals surface area contributed by atoms with Crippen LogP contribution in [-0.4, -0.2) is 78.5 Å². The van der Waals surface area contributed by atoms with Crippen molar-refractivity contribution in [2.24, 2.45) is 0 Å². The first-order valence-electron chi connectivity index (χ1n) is 16.8. The lowest BCUT2D eigenvalue weighted by molar-refractivity contribution is -0.148. The standard InChI is InChI=1S/C39H45N3O9S/c1-6-20-48-36(45)33(42-37(46)50-22-31-29-18-12-10-16-27(29)28-17-11-13-19-30(28)31)24-52-23-32(41-38(47)51-39(3,4)5)34(43)40-25(2)35(44)49-21-26-14-8-7-9-15-26/h6-19,25,31-33H,1,20-24H2,2-5H3,(H,40,43)(H,41,47)(H,42,46)/t25-,32-,33-/m0/s1. The van der Waals surface area contributed by atoms with Crippen molar-refractivity contribution in [1.29, 1.82) is 0 Å². The number of hydrogen-bond donors (Lipinski definition) is 3. The Bertz CT molecular complexity index is 1680. The third kappa shape index (κ3) is 11.6. The van der Waals surface area contributed by atoms with Crippen LogP contribution in [0.3, 0.4) is 0 Å². The van der Waals surface area contributed by atoms with E-state index in [2.05, 4.69) is 22.5 Å². The summed E-state index contributed by atoms with van der Waals surface area (Å²) in [6.07, 6.45) is -0.287. The van der Waals surface area contributed by atoms with E-state index >= 15 is 0 Å². The molecule has 0 aromatic heterocycles. The van der Waals surface area contributed by atoms with E-state index in [4.69, 9.17) is 18.9 Å². The maximum absolute atomic E-state index is 13.4. The van der Waals surface area contributed by atoms with Crippen molar-refractivity contribution in [2.45, 2.75) is 63.9 Å². The molecule has 0 aliphatic heterocycles. The van der Waals surface area contributed by atoms with Gasteiger partial charge in [-0.3, -0.25) is 4.79 Å². The molecule has 13 heteroatoms. The Morgan fingerprint density at radius 1 is 0.750 bits per heavy atom. The van der Waals surface area contributed by atoms with Gasteiger partial charge in [0.15, 0.2) is 0 Å². The summed E-state index contributed by atoms with van der Waals surface area (Å²) in [5.41, 5.74) is 4.16. The van der Waals surface area contributed by atoms with Gasteiger partial charge >= 0.3 is 24.1 Å². The Kier molecular flexibility index (Phi) is 14.3. The molecule has 3 atom stereocenters. The third-order valence-electron chi connectivity index (χ3n) is 7.78. The molecule has 12 nitrogen and oxygen atoms in total. The van der Waals surface area contributed by atoms with Gasteiger partial charge in [0.25, 0.3) is 0 Å². The van der Waals surface area contributed by atoms with Crippen molar-refractivity contribution in [1.82, 2.24) is 16.0 Å². The molecule has 3 N–H and O–H groups in total. The van der Waals surface area contributed by atoms with Gasteiger partial charge in [-0.2, -0.15) is 11.8 Å². The molecule has 1 aliphatic rings. The number of hydrogen-bond acceptors (Lipinski definition) is 10. The first-order valence-corrected chi connectivity index (χ1v) is 18.0. The lowest BCUT2D eigenvalue weighted by Crippen LogP contribution is -2.53. The number of benzene rings is 3. The molecule has 0 saturated heterocycles.